The van der Waals surface area contributed by atoms with Gasteiger partial charge in [-0.2, -0.15) is 0 Å². The summed E-state index contributed by atoms with van der Waals surface area (Å²) in [5, 5.41) is 23.5. The van der Waals surface area contributed by atoms with Gasteiger partial charge in [-0.15, -0.1) is 11.3 Å². The van der Waals surface area contributed by atoms with Crippen LogP contribution in [0.2, 0.25) is 0 Å². The zero-order valence-corrected chi connectivity index (χ0v) is 11.3. The van der Waals surface area contributed by atoms with E-state index in [0.717, 1.165) is 11.3 Å². The van der Waals surface area contributed by atoms with Gasteiger partial charge in [0.2, 0.25) is 5.01 Å². The van der Waals surface area contributed by atoms with Crippen LogP contribution in [0.25, 0.3) is 0 Å². The number of hydrogen-bond donors (Lipinski definition) is 3. The van der Waals surface area contributed by atoms with Gasteiger partial charge in [0, 0.05) is 38.6 Å². The number of nitrogens with one attached hydrogen (secondary N) is 1. The van der Waals surface area contributed by atoms with Crippen LogP contribution in [0.3, 0.4) is 0 Å². The Bertz CT molecular complexity index is 392. The number of nitrogens with zero attached hydrogens (tertiary/aromatic N) is 1. The highest BCUT2D eigenvalue weighted by molar-refractivity contribution is 7.11. The molecule has 7 heteroatoms. The summed E-state index contributed by atoms with van der Waals surface area (Å²) in [7, 11) is 1.59. The van der Waals surface area contributed by atoms with Crippen LogP contribution in [-0.4, -0.2) is 47.0 Å². The second-order valence-corrected chi connectivity index (χ2v) is 5.15. The Morgan fingerprint density at radius 2 is 2.39 bits per heavy atom. The predicted molar refractivity (Wildman–Crippen MR) is 67.9 cm³/mol. The van der Waals surface area contributed by atoms with Crippen LogP contribution in [0.4, 0.5) is 0 Å². The quantitative estimate of drug-likeness (QED) is 0.647. The van der Waals surface area contributed by atoms with Crippen LogP contribution in [-0.2, 0) is 11.3 Å². The average molecular weight is 274 g/mol. The zero-order chi connectivity index (χ0) is 13.6. The van der Waals surface area contributed by atoms with Crippen molar-refractivity contribution in [3.05, 3.63) is 16.1 Å². The van der Waals surface area contributed by atoms with E-state index in [4.69, 9.17) is 9.84 Å². The molecule has 0 spiro atoms. The molecule has 0 radical (unpaired) electrons. The van der Waals surface area contributed by atoms with Crippen LogP contribution < -0.4 is 5.32 Å². The monoisotopic (exact) mass is 274 g/mol. The van der Waals surface area contributed by atoms with Crippen LogP contribution in [0.15, 0.2) is 5.38 Å². The van der Waals surface area contributed by atoms with Gasteiger partial charge in [0.15, 0.2) is 0 Å². The van der Waals surface area contributed by atoms with Gasteiger partial charge in [0.1, 0.15) is 0 Å². The lowest BCUT2D eigenvalue weighted by molar-refractivity contribution is 0.0247. The second kappa shape index (κ2) is 6.79. The number of methoxy groups -OCH3 is 1. The molecule has 102 valence electrons. The van der Waals surface area contributed by atoms with Crippen LogP contribution >= 0.6 is 11.3 Å². The van der Waals surface area contributed by atoms with Crippen molar-refractivity contribution in [2.24, 2.45) is 0 Å². The van der Waals surface area contributed by atoms with E-state index in [2.05, 4.69) is 10.3 Å². The molecular formula is C11H18N2O4S. The summed E-state index contributed by atoms with van der Waals surface area (Å²) < 4.78 is 4.91. The van der Waals surface area contributed by atoms with Gasteiger partial charge in [-0.1, -0.05) is 0 Å². The Hall–Kier alpha value is -1.02. The molecule has 0 fully saturated rings. The van der Waals surface area contributed by atoms with E-state index in [1.165, 1.54) is 0 Å². The molecule has 1 aromatic rings. The lowest BCUT2D eigenvalue weighted by atomic mass is 10.0. The molecule has 1 aromatic heterocycles. The van der Waals surface area contributed by atoms with Crippen molar-refractivity contribution < 1.29 is 19.7 Å². The number of ether oxygens (including phenoxy) is 1. The number of rotatable bonds is 8. The van der Waals surface area contributed by atoms with Crippen molar-refractivity contribution in [1.29, 1.82) is 0 Å². The van der Waals surface area contributed by atoms with E-state index in [0.29, 0.717) is 31.8 Å². The van der Waals surface area contributed by atoms with Gasteiger partial charge in [-0.25, -0.2) is 9.78 Å². The summed E-state index contributed by atoms with van der Waals surface area (Å²) in [6, 6.07) is 0. The largest absolute Gasteiger partial charge is 0.476 e. The maximum atomic E-state index is 10.6. The van der Waals surface area contributed by atoms with E-state index in [9.17, 15) is 9.90 Å². The number of aromatic carboxylic acids is 1. The van der Waals surface area contributed by atoms with Gasteiger partial charge >= 0.3 is 5.97 Å². The van der Waals surface area contributed by atoms with E-state index >= 15 is 0 Å². The van der Waals surface area contributed by atoms with Crippen molar-refractivity contribution >= 4 is 17.3 Å². The third-order valence-corrected chi connectivity index (χ3v) is 3.27. The SMILES string of the molecule is COCCC(C)(O)CNCc1csc(C(=O)O)n1. The first-order valence-electron chi connectivity index (χ1n) is 5.54. The summed E-state index contributed by atoms with van der Waals surface area (Å²) in [6.07, 6.45) is 0.536. The first kappa shape index (κ1) is 15.0. The van der Waals surface area contributed by atoms with Gasteiger partial charge < -0.3 is 20.3 Å². The van der Waals surface area contributed by atoms with Gasteiger partial charge in [0.25, 0.3) is 0 Å². The molecule has 0 amide bonds. The molecule has 0 saturated carbocycles. The Morgan fingerprint density at radius 1 is 1.67 bits per heavy atom. The molecule has 18 heavy (non-hydrogen) atoms. The summed E-state index contributed by atoms with van der Waals surface area (Å²) in [6.45, 7) is 3.06. The molecule has 1 rings (SSSR count). The fraction of sp³-hybridized carbons (Fsp3) is 0.636. The molecule has 0 aliphatic rings. The van der Waals surface area contributed by atoms with Crippen molar-refractivity contribution in [3.8, 4) is 0 Å². The summed E-state index contributed by atoms with van der Waals surface area (Å²) in [4.78, 5) is 14.6. The number of aromatic nitrogens is 1. The van der Waals surface area contributed by atoms with E-state index in [1.807, 2.05) is 0 Å². The molecule has 0 aliphatic carbocycles. The molecule has 1 unspecified atom stereocenters. The predicted octanol–water partition coefficient (Wildman–Crippen LogP) is 0.718. The number of carboxylic acids is 1. The highest BCUT2D eigenvalue weighted by Gasteiger charge is 2.19. The molecular weight excluding hydrogens is 256 g/mol. The smallest absolute Gasteiger partial charge is 0.365 e. The van der Waals surface area contributed by atoms with Gasteiger partial charge in [-0.3, -0.25) is 0 Å². The topological polar surface area (TPSA) is 91.7 Å². The fourth-order valence-electron chi connectivity index (χ4n) is 1.36. The van der Waals surface area contributed by atoms with Crippen molar-refractivity contribution in [2.75, 3.05) is 20.3 Å². The number of aliphatic hydroxyl groups is 1. The summed E-state index contributed by atoms with van der Waals surface area (Å²) >= 11 is 1.10. The third-order valence-electron chi connectivity index (χ3n) is 2.39. The van der Waals surface area contributed by atoms with E-state index < -0.39 is 11.6 Å². The van der Waals surface area contributed by atoms with Crippen molar-refractivity contribution in [3.63, 3.8) is 0 Å². The molecule has 0 aliphatic heterocycles. The standard InChI is InChI=1S/C11H18N2O4S/c1-11(16,3-4-17-2)7-12-5-8-6-18-9(13-8)10(14)15/h6,12,16H,3-5,7H2,1-2H3,(H,14,15). The minimum absolute atomic E-state index is 0.0814. The molecule has 1 heterocycles. The number of carboxylic acid groups (broad SMARTS) is 1. The highest BCUT2D eigenvalue weighted by atomic mass is 32.1. The normalized spacial score (nSPS) is 14.4. The molecule has 6 nitrogen and oxygen atoms in total. The van der Waals surface area contributed by atoms with Crippen LogP contribution in [0.5, 0.6) is 0 Å². The molecule has 0 bridgehead atoms. The maximum absolute atomic E-state index is 10.6. The second-order valence-electron chi connectivity index (χ2n) is 4.29. The zero-order valence-electron chi connectivity index (χ0n) is 10.5. The molecule has 0 aromatic carbocycles. The van der Waals surface area contributed by atoms with Crippen LogP contribution in [0.1, 0.15) is 28.8 Å². The molecule has 1 atom stereocenters. The maximum Gasteiger partial charge on any atom is 0.365 e. The third kappa shape index (κ3) is 5.09. The number of thiazole rings is 1. The van der Waals surface area contributed by atoms with Crippen molar-refractivity contribution in [1.82, 2.24) is 10.3 Å². The number of hydrogen-bond acceptors (Lipinski definition) is 6. The minimum Gasteiger partial charge on any atom is -0.476 e. The summed E-state index contributed by atoms with van der Waals surface area (Å²) in [5.74, 6) is -1.02. The number of carbonyl (C=O) groups is 1. The Kier molecular flexibility index (Phi) is 5.67. The van der Waals surface area contributed by atoms with Crippen molar-refractivity contribution in [2.45, 2.75) is 25.5 Å². The summed E-state index contributed by atoms with van der Waals surface area (Å²) in [5.41, 5.74) is -0.179. The van der Waals surface area contributed by atoms with E-state index in [-0.39, 0.29) is 5.01 Å². The minimum atomic E-state index is -1.02. The van der Waals surface area contributed by atoms with E-state index in [1.54, 1.807) is 19.4 Å². The molecule has 3 N–H and O–H groups in total. The lowest BCUT2D eigenvalue weighted by Gasteiger charge is -2.23. The van der Waals surface area contributed by atoms with Crippen LogP contribution in [0, 0.1) is 0 Å². The highest BCUT2D eigenvalue weighted by Crippen LogP contribution is 2.11. The Morgan fingerprint density at radius 3 is 2.94 bits per heavy atom. The Balaban J connectivity index is 2.34. The lowest BCUT2D eigenvalue weighted by Crippen LogP contribution is -2.38. The average Bonchev–Trinajstić information content (AvgIpc) is 2.75. The Labute approximate surface area is 110 Å². The first-order valence-corrected chi connectivity index (χ1v) is 6.42. The van der Waals surface area contributed by atoms with Gasteiger partial charge in [-0.05, 0) is 6.92 Å². The van der Waals surface area contributed by atoms with Gasteiger partial charge in [0.05, 0.1) is 11.3 Å². The molecule has 0 saturated heterocycles. The fourth-order valence-corrected chi connectivity index (χ4v) is 2.01. The first-order chi connectivity index (χ1) is 8.44.